The van der Waals surface area contributed by atoms with Crippen molar-refractivity contribution < 1.29 is 23.1 Å². The van der Waals surface area contributed by atoms with Crippen molar-refractivity contribution in [2.75, 3.05) is 5.32 Å². The molecule has 3 aromatic carbocycles. The molecule has 144 valence electrons. The van der Waals surface area contributed by atoms with E-state index in [9.17, 15) is 23.1 Å². The monoisotopic (exact) mass is 385 g/mol. The van der Waals surface area contributed by atoms with Gasteiger partial charge in [-0.3, -0.25) is 4.79 Å². The van der Waals surface area contributed by atoms with E-state index in [2.05, 4.69) is 5.32 Å². The molecule has 3 nitrogen and oxygen atoms in total. The van der Waals surface area contributed by atoms with E-state index in [0.29, 0.717) is 5.56 Å². The van der Waals surface area contributed by atoms with Crippen LogP contribution in [0.3, 0.4) is 0 Å². The molecule has 0 spiro atoms. The Bertz CT molecular complexity index is 938. The van der Waals surface area contributed by atoms with Crippen LogP contribution in [0.4, 0.5) is 18.9 Å². The smallest absolute Gasteiger partial charge is 0.416 e. The van der Waals surface area contributed by atoms with Crippen LogP contribution in [0, 0.1) is 0 Å². The highest BCUT2D eigenvalue weighted by Gasteiger charge is 2.30. The highest BCUT2D eigenvalue weighted by Crippen LogP contribution is 2.32. The first-order chi connectivity index (χ1) is 13.3. The van der Waals surface area contributed by atoms with Crippen molar-refractivity contribution in [3.8, 4) is 11.1 Å². The van der Waals surface area contributed by atoms with Crippen LogP contribution in [-0.2, 0) is 11.0 Å². The molecule has 28 heavy (non-hydrogen) atoms. The Morgan fingerprint density at radius 3 is 2.14 bits per heavy atom. The minimum absolute atomic E-state index is 0.216. The molecule has 0 aromatic heterocycles. The number of rotatable bonds is 6. The summed E-state index contributed by atoms with van der Waals surface area (Å²) in [5.41, 5.74) is 2.10. The lowest BCUT2D eigenvalue weighted by Gasteiger charge is -2.20. The van der Waals surface area contributed by atoms with Gasteiger partial charge in [0.15, 0.2) is 0 Å². The summed E-state index contributed by atoms with van der Waals surface area (Å²) < 4.78 is 38.8. The molecule has 0 aliphatic heterocycles. The van der Waals surface area contributed by atoms with Gasteiger partial charge in [-0.1, -0.05) is 60.7 Å². The van der Waals surface area contributed by atoms with E-state index in [-0.39, 0.29) is 12.1 Å². The van der Waals surface area contributed by atoms with Gasteiger partial charge in [0.25, 0.3) is 0 Å². The fourth-order valence-corrected chi connectivity index (χ4v) is 2.95. The number of nitrogens with one attached hydrogen (secondary N) is 1. The standard InChI is InChI=1S/C22H18F3NO2/c23-22(24,25)18-7-4-8-19(13-18)26-20(14-21(27)28)17-11-9-16(10-12-17)15-5-2-1-3-6-15/h1-13,20,26H,14H2,(H,27,28). The van der Waals surface area contributed by atoms with Crippen LogP contribution in [0.25, 0.3) is 11.1 Å². The normalized spacial score (nSPS) is 12.4. The lowest BCUT2D eigenvalue weighted by molar-refractivity contribution is -0.138. The molecule has 6 heteroatoms. The van der Waals surface area contributed by atoms with Gasteiger partial charge < -0.3 is 10.4 Å². The lowest BCUT2D eigenvalue weighted by Crippen LogP contribution is -2.16. The second kappa shape index (κ2) is 8.17. The molecule has 3 rings (SSSR count). The number of aliphatic carboxylic acids is 1. The molecule has 1 atom stereocenters. The minimum atomic E-state index is -4.46. The molecule has 0 aliphatic rings. The van der Waals surface area contributed by atoms with Crippen molar-refractivity contribution in [2.24, 2.45) is 0 Å². The third-order valence-electron chi connectivity index (χ3n) is 4.33. The van der Waals surface area contributed by atoms with Gasteiger partial charge in [0.05, 0.1) is 18.0 Å². The molecule has 0 fully saturated rings. The highest BCUT2D eigenvalue weighted by atomic mass is 19.4. The predicted octanol–water partition coefficient (Wildman–Crippen LogP) is 6.00. The number of carbonyl (C=O) groups is 1. The summed E-state index contributed by atoms with van der Waals surface area (Å²) in [6.45, 7) is 0. The summed E-state index contributed by atoms with van der Waals surface area (Å²) in [4.78, 5) is 11.3. The number of benzene rings is 3. The Morgan fingerprint density at radius 1 is 0.893 bits per heavy atom. The van der Waals surface area contributed by atoms with Crippen molar-refractivity contribution in [1.82, 2.24) is 0 Å². The molecule has 0 heterocycles. The molecule has 0 saturated heterocycles. The van der Waals surface area contributed by atoms with Crippen LogP contribution < -0.4 is 5.32 Å². The molecular formula is C22H18F3NO2. The van der Waals surface area contributed by atoms with Gasteiger partial charge in [-0.05, 0) is 34.9 Å². The number of anilines is 1. The third kappa shape index (κ3) is 4.91. The maximum absolute atomic E-state index is 12.9. The zero-order valence-electron chi connectivity index (χ0n) is 14.8. The SMILES string of the molecule is O=C(O)CC(Nc1cccc(C(F)(F)F)c1)c1ccc(-c2ccccc2)cc1. The number of carboxylic acids is 1. The molecule has 0 saturated carbocycles. The van der Waals surface area contributed by atoms with Gasteiger partial charge in [-0.15, -0.1) is 0 Å². The van der Waals surface area contributed by atoms with Crippen molar-refractivity contribution in [3.63, 3.8) is 0 Å². The highest BCUT2D eigenvalue weighted by molar-refractivity contribution is 5.69. The van der Waals surface area contributed by atoms with Gasteiger partial charge in [0, 0.05) is 5.69 Å². The Kier molecular flexibility index (Phi) is 5.68. The quantitative estimate of drug-likeness (QED) is 0.547. The molecule has 0 amide bonds. The molecule has 2 N–H and O–H groups in total. The van der Waals surface area contributed by atoms with Crippen molar-refractivity contribution in [1.29, 1.82) is 0 Å². The van der Waals surface area contributed by atoms with Crippen molar-refractivity contribution in [2.45, 2.75) is 18.6 Å². The Hall–Kier alpha value is -3.28. The fourth-order valence-electron chi connectivity index (χ4n) is 2.95. The summed E-state index contributed by atoms with van der Waals surface area (Å²) in [6.07, 6.45) is -4.72. The minimum Gasteiger partial charge on any atom is -0.481 e. The van der Waals surface area contributed by atoms with Crippen LogP contribution in [0.5, 0.6) is 0 Å². The number of alkyl halides is 3. The van der Waals surface area contributed by atoms with Crippen LogP contribution >= 0.6 is 0 Å². The van der Waals surface area contributed by atoms with Crippen LogP contribution in [0.2, 0.25) is 0 Å². The van der Waals surface area contributed by atoms with Gasteiger partial charge in [-0.2, -0.15) is 13.2 Å². The van der Waals surface area contributed by atoms with Crippen molar-refractivity contribution >= 4 is 11.7 Å². The first-order valence-electron chi connectivity index (χ1n) is 8.64. The maximum atomic E-state index is 12.9. The van der Waals surface area contributed by atoms with Gasteiger partial charge in [0.2, 0.25) is 0 Å². The van der Waals surface area contributed by atoms with Gasteiger partial charge in [-0.25, -0.2) is 0 Å². The predicted molar refractivity (Wildman–Crippen MR) is 102 cm³/mol. The van der Waals surface area contributed by atoms with E-state index in [0.717, 1.165) is 23.3 Å². The zero-order chi connectivity index (χ0) is 20.1. The van der Waals surface area contributed by atoms with Crippen LogP contribution in [-0.4, -0.2) is 11.1 Å². The van der Waals surface area contributed by atoms with Gasteiger partial charge in [0.1, 0.15) is 0 Å². The average molecular weight is 385 g/mol. The number of hydrogen-bond acceptors (Lipinski definition) is 2. The van der Waals surface area contributed by atoms with Gasteiger partial charge >= 0.3 is 12.1 Å². The summed E-state index contributed by atoms with van der Waals surface area (Å²) in [6, 6.07) is 21.1. The third-order valence-corrected chi connectivity index (χ3v) is 4.33. The first kappa shape index (κ1) is 19.5. The topological polar surface area (TPSA) is 49.3 Å². The summed E-state index contributed by atoms with van der Waals surface area (Å²) in [7, 11) is 0. The van der Waals surface area contributed by atoms with E-state index in [1.807, 2.05) is 42.5 Å². The second-order valence-electron chi connectivity index (χ2n) is 6.36. The summed E-state index contributed by atoms with van der Waals surface area (Å²) >= 11 is 0. The number of hydrogen-bond donors (Lipinski definition) is 2. The molecular weight excluding hydrogens is 367 g/mol. The number of carboxylic acid groups (broad SMARTS) is 1. The average Bonchev–Trinajstić information content (AvgIpc) is 2.68. The Balaban J connectivity index is 1.85. The van der Waals surface area contributed by atoms with E-state index in [1.54, 1.807) is 12.1 Å². The van der Waals surface area contributed by atoms with E-state index >= 15 is 0 Å². The second-order valence-corrected chi connectivity index (χ2v) is 6.36. The molecule has 0 radical (unpaired) electrons. The van der Waals surface area contributed by atoms with E-state index in [1.165, 1.54) is 12.1 Å². The molecule has 0 aliphatic carbocycles. The largest absolute Gasteiger partial charge is 0.481 e. The number of halogens is 3. The Morgan fingerprint density at radius 2 is 1.54 bits per heavy atom. The van der Waals surface area contributed by atoms with Crippen molar-refractivity contribution in [3.05, 3.63) is 90.0 Å². The van der Waals surface area contributed by atoms with Crippen LogP contribution in [0.1, 0.15) is 23.6 Å². The lowest BCUT2D eigenvalue weighted by atomic mass is 9.98. The zero-order valence-corrected chi connectivity index (χ0v) is 14.8. The van der Waals surface area contributed by atoms with Crippen LogP contribution in [0.15, 0.2) is 78.9 Å². The van der Waals surface area contributed by atoms with E-state index < -0.39 is 23.8 Å². The Labute approximate surface area is 160 Å². The molecule has 1 unspecified atom stereocenters. The summed E-state index contributed by atoms with van der Waals surface area (Å²) in [5.74, 6) is -1.04. The maximum Gasteiger partial charge on any atom is 0.416 e. The molecule has 0 bridgehead atoms. The molecule has 3 aromatic rings. The van der Waals surface area contributed by atoms with E-state index in [4.69, 9.17) is 0 Å². The first-order valence-corrected chi connectivity index (χ1v) is 8.64. The fraction of sp³-hybridized carbons (Fsp3) is 0.136. The summed E-state index contributed by atoms with van der Waals surface area (Å²) in [5, 5.41) is 12.1.